The van der Waals surface area contributed by atoms with E-state index in [0.29, 0.717) is 12.6 Å². The molecule has 2 aliphatic heterocycles. The second kappa shape index (κ2) is 11.5. The fourth-order valence-electron chi connectivity index (χ4n) is 5.79. The van der Waals surface area contributed by atoms with E-state index in [1.165, 1.54) is 36.8 Å². The zero-order chi connectivity index (χ0) is 27.5. The minimum Gasteiger partial charge on any atom is -0.491 e. The maximum atomic E-state index is 6.16. The number of para-hydroxylation sites is 1. The van der Waals surface area contributed by atoms with E-state index in [1.807, 2.05) is 6.21 Å². The first-order valence-electron chi connectivity index (χ1n) is 14.4. The average Bonchev–Trinajstić information content (AvgIpc) is 3.73. The molecule has 0 amide bonds. The standard InChI is InChI=1S/C31H38N8O/c1-22-12-13-28(23(2)20-22)40-19-18-39-24(3)26(25-10-4-5-11-27(25)39)21-32-36-29-33-30(37-14-6-7-15-37)35-31(34-29)38-16-8-9-17-38/h4-5,10-13,20-21H,6-9,14-19H2,1-3H3,(H,33,34,35,36)/b32-21+. The first kappa shape index (κ1) is 26.1. The van der Waals surface area contributed by atoms with Gasteiger partial charge < -0.3 is 19.1 Å². The summed E-state index contributed by atoms with van der Waals surface area (Å²) in [5.41, 5.74) is 8.90. The Labute approximate surface area is 235 Å². The van der Waals surface area contributed by atoms with Crippen molar-refractivity contribution in [1.82, 2.24) is 19.5 Å². The van der Waals surface area contributed by atoms with Crippen molar-refractivity contribution >= 4 is 35.0 Å². The summed E-state index contributed by atoms with van der Waals surface area (Å²) in [7, 11) is 0. The van der Waals surface area contributed by atoms with Crippen LogP contribution in [0.3, 0.4) is 0 Å². The highest BCUT2D eigenvalue weighted by atomic mass is 16.5. The van der Waals surface area contributed by atoms with Gasteiger partial charge in [0.2, 0.25) is 17.8 Å². The van der Waals surface area contributed by atoms with Gasteiger partial charge in [-0.2, -0.15) is 20.1 Å². The molecule has 0 radical (unpaired) electrons. The van der Waals surface area contributed by atoms with Crippen molar-refractivity contribution < 1.29 is 4.74 Å². The summed E-state index contributed by atoms with van der Waals surface area (Å²) >= 11 is 0. The van der Waals surface area contributed by atoms with E-state index in [-0.39, 0.29) is 0 Å². The van der Waals surface area contributed by atoms with Crippen LogP contribution >= 0.6 is 0 Å². The second-order valence-electron chi connectivity index (χ2n) is 10.8. The molecule has 2 aromatic heterocycles. The van der Waals surface area contributed by atoms with Crippen LogP contribution < -0.4 is 20.0 Å². The van der Waals surface area contributed by atoms with Gasteiger partial charge in [-0.3, -0.25) is 0 Å². The van der Waals surface area contributed by atoms with Gasteiger partial charge in [0.15, 0.2) is 0 Å². The number of nitrogens with zero attached hydrogens (tertiary/aromatic N) is 7. The highest BCUT2D eigenvalue weighted by Crippen LogP contribution is 2.26. The number of benzene rings is 2. The number of fused-ring (bicyclic) bond motifs is 1. The second-order valence-corrected chi connectivity index (χ2v) is 10.8. The van der Waals surface area contributed by atoms with Crippen LogP contribution in [0.4, 0.5) is 17.8 Å². The lowest BCUT2D eigenvalue weighted by molar-refractivity contribution is 0.297. The maximum absolute atomic E-state index is 6.16. The van der Waals surface area contributed by atoms with Crippen molar-refractivity contribution in [2.24, 2.45) is 5.10 Å². The molecule has 0 unspecified atom stereocenters. The molecule has 2 saturated heterocycles. The van der Waals surface area contributed by atoms with Gasteiger partial charge in [0, 0.05) is 48.3 Å². The van der Waals surface area contributed by atoms with E-state index in [1.54, 1.807) is 0 Å². The molecule has 9 heteroatoms. The monoisotopic (exact) mass is 538 g/mol. The Morgan fingerprint density at radius 3 is 2.23 bits per heavy atom. The summed E-state index contributed by atoms with van der Waals surface area (Å²) < 4.78 is 8.46. The lowest BCUT2D eigenvalue weighted by Crippen LogP contribution is -2.25. The highest BCUT2D eigenvalue weighted by molar-refractivity contribution is 6.01. The van der Waals surface area contributed by atoms with E-state index in [9.17, 15) is 0 Å². The van der Waals surface area contributed by atoms with Crippen LogP contribution in [0.15, 0.2) is 47.6 Å². The SMILES string of the molecule is Cc1ccc(OCCn2c(C)c(/C=N/Nc3nc(N4CCCC4)nc(N4CCCC4)n3)c3ccccc32)c(C)c1. The van der Waals surface area contributed by atoms with Crippen LogP contribution in [0.2, 0.25) is 0 Å². The minimum atomic E-state index is 0.485. The smallest absolute Gasteiger partial charge is 0.250 e. The average molecular weight is 539 g/mol. The van der Waals surface area contributed by atoms with E-state index >= 15 is 0 Å². The van der Waals surface area contributed by atoms with E-state index in [4.69, 9.17) is 19.7 Å². The number of aromatic nitrogens is 4. The Hall–Kier alpha value is -4.14. The summed E-state index contributed by atoms with van der Waals surface area (Å²) in [5.74, 6) is 2.90. The number of aryl methyl sites for hydroxylation is 2. The molecule has 9 nitrogen and oxygen atoms in total. The van der Waals surface area contributed by atoms with Gasteiger partial charge in [0.05, 0.1) is 12.8 Å². The Bertz CT molecular complexity index is 1480. The van der Waals surface area contributed by atoms with Crippen LogP contribution in [0, 0.1) is 20.8 Å². The number of rotatable bonds is 9. The van der Waals surface area contributed by atoms with Crippen molar-refractivity contribution in [2.75, 3.05) is 48.0 Å². The van der Waals surface area contributed by atoms with Crippen molar-refractivity contribution in [3.05, 3.63) is 64.8 Å². The summed E-state index contributed by atoms with van der Waals surface area (Å²) in [6.45, 7) is 11.6. The molecular formula is C31H38N8O. The van der Waals surface area contributed by atoms with E-state index in [2.05, 4.69) is 88.1 Å². The van der Waals surface area contributed by atoms with Gasteiger partial charge in [0.25, 0.3) is 0 Å². The van der Waals surface area contributed by atoms with Crippen LogP contribution in [0.5, 0.6) is 5.75 Å². The topological polar surface area (TPSA) is 83.7 Å². The van der Waals surface area contributed by atoms with Gasteiger partial charge in [0.1, 0.15) is 12.4 Å². The molecule has 2 aliphatic rings. The van der Waals surface area contributed by atoms with Crippen LogP contribution in [-0.2, 0) is 6.54 Å². The molecule has 6 rings (SSSR count). The number of hydrogen-bond acceptors (Lipinski definition) is 8. The molecule has 40 heavy (non-hydrogen) atoms. The molecular weight excluding hydrogens is 500 g/mol. The number of anilines is 3. The van der Waals surface area contributed by atoms with E-state index in [0.717, 1.165) is 72.6 Å². The molecule has 0 spiro atoms. The van der Waals surface area contributed by atoms with Crippen molar-refractivity contribution in [2.45, 2.75) is 53.0 Å². The Kier molecular flexibility index (Phi) is 7.53. The number of hydrazone groups is 1. The van der Waals surface area contributed by atoms with Gasteiger partial charge >= 0.3 is 0 Å². The third-order valence-corrected chi connectivity index (χ3v) is 7.93. The maximum Gasteiger partial charge on any atom is 0.250 e. The lowest BCUT2D eigenvalue weighted by atomic mass is 10.1. The summed E-state index contributed by atoms with van der Waals surface area (Å²) in [6, 6.07) is 14.7. The van der Waals surface area contributed by atoms with Crippen molar-refractivity contribution in [1.29, 1.82) is 0 Å². The summed E-state index contributed by atoms with van der Waals surface area (Å²) in [4.78, 5) is 18.7. The molecule has 0 aliphatic carbocycles. The summed E-state index contributed by atoms with van der Waals surface area (Å²) in [5, 5.41) is 5.77. The molecule has 4 heterocycles. The molecule has 2 aromatic carbocycles. The molecule has 0 bridgehead atoms. The number of hydrogen-bond donors (Lipinski definition) is 1. The first-order valence-corrected chi connectivity index (χ1v) is 14.4. The Balaban J connectivity index is 1.22. The van der Waals surface area contributed by atoms with Gasteiger partial charge in [-0.1, -0.05) is 35.9 Å². The third-order valence-electron chi connectivity index (χ3n) is 7.93. The highest BCUT2D eigenvalue weighted by Gasteiger charge is 2.21. The zero-order valence-electron chi connectivity index (χ0n) is 23.7. The van der Waals surface area contributed by atoms with Crippen LogP contribution in [0.1, 0.15) is 48.1 Å². The molecule has 0 saturated carbocycles. The van der Waals surface area contributed by atoms with E-state index < -0.39 is 0 Å². The fraction of sp³-hybridized carbons (Fsp3) is 0.419. The van der Waals surface area contributed by atoms with Crippen molar-refractivity contribution in [3.63, 3.8) is 0 Å². The normalized spacial score (nSPS) is 15.6. The molecule has 0 atom stereocenters. The largest absolute Gasteiger partial charge is 0.491 e. The predicted molar refractivity (Wildman–Crippen MR) is 162 cm³/mol. The first-order chi connectivity index (χ1) is 19.6. The molecule has 4 aromatic rings. The molecule has 1 N–H and O–H groups in total. The van der Waals surface area contributed by atoms with Crippen LogP contribution in [0.25, 0.3) is 10.9 Å². The quantitative estimate of drug-likeness (QED) is 0.223. The van der Waals surface area contributed by atoms with Gasteiger partial charge in [-0.25, -0.2) is 5.43 Å². The minimum absolute atomic E-state index is 0.485. The zero-order valence-corrected chi connectivity index (χ0v) is 23.7. The molecule has 208 valence electrons. The van der Waals surface area contributed by atoms with Crippen LogP contribution in [-0.4, -0.2) is 58.5 Å². The number of nitrogens with one attached hydrogen (secondary N) is 1. The van der Waals surface area contributed by atoms with Crippen molar-refractivity contribution in [3.8, 4) is 5.75 Å². The van der Waals surface area contributed by atoms with Gasteiger partial charge in [-0.05, 0) is 64.2 Å². The lowest BCUT2D eigenvalue weighted by Gasteiger charge is -2.20. The summed E-state index contributed by atoms with van der Waals surface area (Å²) in [6.07, 6.45) is 6.57. The van der Waals surface area contributed by atoms with Gasteiger partial charge in [-0.15, -0.1) is 0 Å². The molecule has 2 fully saturated rings. The Morgan fingerprint density at radius 1 is 0.875 bits per heavy atom. The number of ether oxygens (including phenoxy) is 1. The Morgan fingerprint density at radius 2 is 1.55 bits per heavy atom. The predicted octanol–water partition coefficient (Wildman–Crippen LogP) is 5.48. The fourth-order valence-corrected chi connectivity index (χ4v) is 5.79. The third kappa shape index (κ3) is 5.46.